The molecule has 1 aromatic carbocycles. The summed E-state index contributed by atoms with van der Waals surface area (Å²) in [6.45, 7) is 9.10. The fourth-order valence-electron chi connectivity index (χ4n) is 2.26. The van der Waals surface area contributed by atoms with E-state index in [1.807, 2.05) is 0 Å². The molecular formula is C14H22N2S. The lowest BCUT2D eigenvalue weighted by atomic mass is 10.1. The lowest BCUT2D eigenvalue weighted by molar-refractivity contribution is 0.133. The summed E-state index contributed by atoms with van der Waals surface area (Å²) in [5.41, 5.74) is 2.77. The average molecular weight is 250 g/mol. The second-order valence-electron chi connectivity index (χ2n) is 4.83. The van der Waals surface area contributed by atoms with Crippen molar-refractivity contribution in [2.75, 3.05) is 38.5 Å². The van der Waals surface area contributed by atoms with Gasteiger partial charge >= 0.3 is 0 Å². The molecule has 0 aromatic heterocycles. The summed E-state index contributed by atoms with van der Waals surface area (Å²) in [5.74, 6) is 0.970. The summed E-state index contributed by atoms with van der Waals surface area (Å²) in [5, 5.41) is 0. The van der Waals surface area contributed by atoms with E-state index in [0.29, 0.717) is 0 Å². The summed E-state index contributed by atoms with van der Waals surface area (Å²) in [4.78, 5) is 5.04. The molecule has 0 N–H and O–H groups in total. The van der Waals surface area contributed by atoms with E-state index in [2.05, 4.69) is 53.6 Å². The molecule has 1 aromatic rings. The normalized spacial score (nSPS) is 18.5. The minimum absolute atomic E-state index is 0.970. The van der Waals surface area contributed by atoms with Crippen molar-refractivity contribution in [3.05, 3.63) is 35.4 Å². The SMILES string of the molecule is Cc1ccc(CN2CCN(CCS)CC2)cc1. The van der Waals surface area contributed by atoms with Crippen molar-refractivity contribution in [3.63, 3.8) is 0 Å². The molecule has 0 bridgehead atoms. The first-order valence-corrected chi connectivity index (χ1v) is 7.02. The Bertz CT molecular complexity index is 329. The molecule has 1 saturated heterocycles. The van der Waals surface area contributed by atoms with E-state index < -0.39 is 0 Å². The quantitative estimate of drug-likeness (QED) is 0.817. The van der Waals surface area contributed by atoms with Crippen molar-refractivity contribution in [3.8, 4) is 0 Å². The topological polar surface area (TPSA) is 6.48 Å². The zero-order valence-corrected chi connectivity index (χ0v) is 11.5. The Labute approximate surface area is 110 Å². The predicted molar refractivity (Wildman–Crippen MR) is 76.7 cm³/mol. The van der Waals surface area contributed by atoms with Crippen LogP contribution in [0.3, 0.4) is 0 Å². The van der Waals surface area contributed by atoms with Gasteiger partial charge in [0.1, 0.15) is 0 Å². The maximum Gasteiger partial charge on any atom is 0.0234 e. The molecule has 0 radical (unpaired) electrons. The fourth-order valence-corrected chi connectivity index (χ4v) is 2.55. The van der Waals surface area contributed by atoms with Crippen LogP contribution in [0.15, 0.2) is 24.3 Å². The smallest absolute Gasteiger partial charge is 0.0234 e. The number of hydrogen-bond acceptors (Lipinski definition) is 3. The minimum atomic E-state index is 0.970. The molecule has 0 amide bonds. The lowest BCUT2D eigenvalue weighted by Gasteiger charge is -2.34. The molecule has 1 heterocycles. The number of aryl methyl sites for hydroxylation is 1. The molecule has 1 aliphatic heterocycles. The molecule has 0 atom stereocenters. The van der Waals surface area contributed by atoms with E-state index in [1.54, 1.807) is 0 Å². The highest BCUT2D eigenvalue weighted by Crippen LogP contribution is 2.09. The van der Waals surface area contributed by atoms with Crippen LogP contribution in [0.1, 0.15) is 11.1 Å². The third-order valence-corrected chi connectivity index (χ3v) is 3.61. The Hall–Kier alpha value is -0.510. The highest BCUT2D eigenvalue weighted by Gasteiger charge is 2.15. The molecular weight excluding hydrogens is 228 g/mol. The summed E-state index contributed by atoms with van der Waals surface area (Å²) in [6.07, 6.45) is 0. The van der Waals surface area contributed by atoms with Gasteiger partial charge in [0.2, 0.25) is 0 Å². The zero-order valence-electron chi connectivity index (χ0n) is 10.6. The molecule has 2 nitrogen and oxygen atoms in total. The Morgan fingerprint density at radius 1 is 1.00 bits per heavy atom. The molecule has 1 fully saturated rings. The van der Waals surface area contributed by atoms with Crippen LogP contribution in [0.5, 0.6) is 0 Å². The second kappa shape index (κ2) is 6.43. The average Bonchev–Trinajstić information content (AvgIpc) is 2.35. The molecule has 0 unspecified atom stereocenters. The fraction of sp³-hybridized carbons (Fsp3) is 0.571. The summed E-state index contributed by atoms with van der Waals surface area (Å²) < 4.78 is 0. The van der Waals surface area contributed by atoms with Gasteiger partial charge < -0.3 is 0 Å². The van der Waals surface area contributed by atoms with E-state index in [0.717, 1.165) is 18.8 Å². The van der Waals surface area contributed by atoms with Crippen molar-refractivity contribution >= 4 is 12.6 Å². The minimum Gasteiger partial charge on any atom is -0.300 e. The highest BCUT2D eigenvalue weighted by molar-refractivity contribution is 7.80. The molecule has 1 aliphatic rings. The van der Waals surface area contributed by atoms with E-state index in [1.165, 1.54) is 37.3 Å². The van der Waals surface area contributed by atoms with E-state index in [9.17, 15) is 0 Å². The number of nitrogens with zero attached hydrogens (tertiary/aromatic N) is 2. The number of hydrogen-bond donors (Lipinski definition) is 1. The van der Waals surface area contributed by atoms with Crippen molar-refractivity contribution in [1.29, 1.82) is 0 Å². The molecule has 2 rings (SSSR count). The maximum absolute atomic E-state index is 4.29. The van der Waals surface area contributed by atoms with Gasteiger partial charge in [-0.3, -0.25) is 9.80 Å². The van der Waals surface area contributed by atoms with E-state index >= 15 is 0 Å². The number of piperazine rings is 1. The molecule has 0 spiro atoms. The Morgan fingerprint density at radius 2 is 1.59 bits per heavy atom. The van der Waals surface area contributed by atoms with Crippen LogP contribution in [0.2, 0.25) is 0 Å². The predicted octanol–water partition coefficient (Wildman–Crippen LogP) is 2.04. The number of benzene rings is 1. The molecule has 3 heteroatoms. The van der Waals surface area contributed by atoms with Gasteiger partial charge in [0, 0.05) is 45.0 Å². The molecule has 0 aliphatic carbocycles. The zero-order chi connectivity index (χ0) is 12.1. The van der Waals surface area contributed by atoms with Crippen LogP contribution >= 0.6 is 12.6 Å². The van der Waals surface area contributed by atoms with Crippen molar-refractivity contribution < 1.29 is 0 Å². The van der Waals surface area contributed by atoms with E-state index in [-0.39, 0.29) is 0 Å². The van der Waals surface area contributed by atoms with Crippen LogP contribution in [0, 0.1) is 6.92 Å². The summed E-state index contributed by atoms with van der Waals surface area (Å²) in [7, 11) is 0. The Balaban J connectivity index is 1.79. The largest absolute Gasteiger partial charge is 0.300 e. The van der Waals surface area contributed by atoms with Gasteiger partial charge in [-0.15, -0.1) is 0 Å². The Kier molecular flexibility index (Phi) is 4.89. The Morgan fingerprint density at radius 3 is 2.18 bits per heavy atom. The van der Waals surface area contributed by atoms with Gasteiger partial charge in [-0.1, -0.05) is 29.8 Å². The van der Waals surface area contributed by atoms with Gasteiger partial charge in [-0.2, -0.15) is 12.6 Å². The van der Waals surface area contributed by atoms with Crippen LogP contribution in [0.25, 0.3) is 0 Å². The molecule has 94 valence electrons. The van der Waals surface area contributed by atoms with Crippen LogP contribution in [0.4, 0.5) is 0 Å². The van der Waals surface area contributed by atoms with Gasteiger partial charge in [-0.05, 0) is 12.5 Å². The van der Waals surface area contributed by atoms with Crippen LogP contribution in [-0.4, -0.2) is 48.3 Å². The van der Waals surface area contributed by atoms with E-state index in [4.69, 9.17) is 0 Å². The van der Waals surface area contributed by atoms with Crippen LogP contribution in [-0.2, 0) is 6.54 Å². The van der Waals surface area contributed by atoms with Crippen LogP contribution < -0.4 is 0 Å². The van der Waals surface area contributed by atoms with Crippen molar-refractivity contribution in [2.45, 2.75) is 13.5 Å². The third-order valence-electron chi connectivity index (χ3n) is 3.41. The van der Waals surface area contributed by atoms with Gasteiger partial charge in [-0.25, -0.2) is 0 Å². The van der Waals surface area contributed by atoms with Gasteiger partial charge in [0.25, 0.3) is 0 Å². The third kappa shape index (κ3) is 4.02. The lowest BCUT2D eigenvalue weighted by Crippen LogP contribution is -2.46. The standard InChI is InChI=1S/C14H22N2S/c1-13-2-4-14(5-3-13)12-16-8-6-15(7-9-16)10-11-17/h2-5,17H,6-12H2,1H3. The first kappa shape index (κ1) is 12.9. The second-order valence-corrected chi connectivity index (χ2v) is 5.27. The first-order chi connectivity index (χ1) is 8.28. The van der Waals surface area contributed by atoms with Gasteiger partial charge in [0.15, 0.2) is 0 Å². The maximum atomic E-state index is 4.29. The number of rotatable bonds is 4. The van der Waals surface area contributed by atoms with Crippen molar-refractivity contribution in [2.24, 2.45) is 0 Å². The summed E-state index contributed by atoms with van der Waals surface area (Å²) in [6, 6.07) is 8.89. The molecule has 17 heavy (non-hydrogen) atoms. The monoisotopic (exact) mass is 250 g/mol. The molecule has 0 saturated carbocycles. The van der Waals surface area contributed by atoms with Crippen molar-refractivity contribution in [1.82, 2.24) is 9.80 Å². The van der Waals surface area contributed by atoms with Gasteiger partial charge in [0.05, 0.1) is 0 Å². The highest BCUT2D eigenvalue weighted by atomic mass is 32.1. The summed E-state index contributed by atoms with van der Waals surface area (Å²) >= 11 is 4.29. The first-order valence-electron chi connectivity index (χ1n) is 6.39. The number of thiol groups is 1.